The van der Waals surface area contributed by atoms with Crippen LogP contribution in [-0.2, 0) is 19.7 Å². The quantitative estimate of drug-likeness (QED) is 0.190. The highest BCUT2D eigenvalue weighted by atomic mass is 127. The van der Waals surface area contributed by atoms with Gasteiger partial charge >= 0.3 is 17.2 Å². The van der Waals surface area contributed by atoms with Crippen molar-refractivity contribution in [3.05, 3.63) is 22.7 Å². The maximum atomic E-state index is 13.0. The van der Waals surface area contributed by atoms with Gasteiger partial charge in [-0.25, -0.2) is 13.2 Å². The molecular formula is C11H7BrF2IO7S-. The molecule has 1 unspecified atom stereocenters. The second-order valence-electron chi connectivity index (χ2n) is 3.99. The van der Waals surface area contributed by atoms with Crippen molar-refractivity contribution in [2.45, 2.75) is 16.1 Å². The molecule has 0 spiro atoms. The minimum atomic E-state index is -6.21. The summed E-state index contributed by atoms with van der Waals surface area (Å²) in [5.41, 5.74) is 0. The Morgan fingerprint density at radius 1 is 1.35 bits per heavy atom. The van der Waals surface area contributed by atoms with E-state index in [4.69, 9.17) is 4.74 Å². The lowest BCUT2D eigenvalue weighted by molar-refractivity contribution is -0.151. The van der Waals surface area contributed by atoms with Crippen LogP contribution < -0.4 is 9.47 Å². The maximum absolute atomic E-state index is 13.0. The zero-order valence-corrected chi connectivity index (χ0v) is 15.6. The van der Waals surface area contributed by atoms with Gasteiger partial charge in [0, 0.05) is 0 Å². The lowest BCUT2D eigenvalue weighted by Gasteiger charge is -2.18. The maximum Gasteiger partial charge on any atom is 0.429 e. The van der Waals surface area contributed by atoms with Crippen molar-refractivity contribution in [1.29, 1.82) is 0 Å². The largest absolute Gasteiger partial charge is 0.743 e. The number of alkyl halides is 3. The topological polar surface area (TPSA) is 110 Å². The summed E-state index contributed by atoms with van der Waals surface area (Å²) in [6.45, 7) is 1.58. The van der Waals surface area contributed by atoms with Crippen LogP contribution in [0.15, 0.2) is 22.7 Å². The average Bonchev–Trinajstić information content (AvgIpc) is 2.40. The smallest absolute Gasteiger partial charge is 0.429 e. The van der Waals surface area contributed by atoms with Gasteiger partial charge in [-0.15, -0.1) is 0 Å². The first kappa shape index (κ1) is 20.2. The molecule has 0 bridgehead atoms. The molecule has 0 N–H and O–H groups in total. The zero-order valence-electron chi connectivity index (χ0n) is 11.1. The second-order valence-corrected chi connectivity index (χ2v) is 8.13. The number of benzene rings is 1. The monoisotopic (exact) mass is 527 g/mol. The van der Waals surface area contributed by atoms with E-state index in [0.717, 1.165) is 18.2 Å². The van der Waals surface area contributed by atoms with Crippen molar-refractivity contribution in [2.75, 3.05) is 0 Å². The van der Waals surface area contributed by atoms with Gasteiger partial charge in [0.2, 0.25) is 0 Å². The van der Waals surface area contributed by atoms with Crippen LogP contribution in [0, 0.1) is 0 Å². The summed E-state index contributed by atoms with van der Waals surface area (Å²) >= 11 is 4.69. The molecule has 1 atom stereocenters. The number of carbonyl (C=O) groups excluding carboxylic acids is 2. The first-order chi connectivity index (χ1) is 10.4. The molecular weight excluding hydrogens is 521 g/mol. The number of esters is 2. The minimum Gasteiger partial charge on any atom is -0.743 e. The van der Waals surface area contributed by atoms with Crippen molar-refractivity contribution in [3.63, 3.8) is 0 Å². The van der Waals surface area contributed by atoms with E-state index in [0.29, 0.717) is 0 Å². The number of rotatable bonds is 5. The number of hydrogen-bond acceptors (Lipinski definition) is 7. The number of halogens is 4. The molecule has 1 rings (SSSR count). The standard InChI is InChI=1S/C11H8BrF2IO7S/c1-5(15)9(16)21-6-2-3-8(7(12)4-6)22-10(17)11(13,14)23(18,19)20/h2-5H,1H3,(H,18,19,20)/p-1. The SMILES string of the molecule is CC(I)C(=O)Oc1ccc(OC(=O)C(F)(F)S(=O)(=O)[O-])c(Br)c1. The van der Waals surface area contributed by atoms with Crippen molar-refractivity contribution < 1.29 is 40.8 Å². The van der Waals surface area contributed by atoms with E-state index in [1.165, 1.54) is 0 Å². The van der Waals surface area contributed by atoms with Gasteiger partial charge in [0.05, 0.1) is 4.47 Å². The molecule has 12 heteroatoms. The zero-order chi connectivity index (χ0) is 18.0. The molecule has 0 aliphatic rings. The molecule has 1 aromatic rings. The molecule has 0 aliphatic heterocycles. The van der Waals surface area contributed by atoms with Gasteiger partial charge in [-0.3, -0.25) is 4.79 Å². The first-order valence-corrected chi connectivity index (χ1v) is 9.01. The summed E-state index contributed by atoms with van der Waals surface area (Å²) in [5.74, 6) is -3.56. The fourth-order valence-electron chi connectivity index (χ4n) is 1.09. The van der Waals surface area contributed by atoms with E-state index < -0.39 is 37.0 Å². The van der Waals surface area contributed by atoms with Gasteiger partial charge in [0.1, 0.15) is 15.4 Å². The summed E-state index contributed by atoms with van der Waals surface area (Å²) in [6.07, 6.45) is 0. The van der Waals surface area contributed by atoms with Gasteiger partial charge in [0.25, 0.3) is 0 Å². The highest BCUT2D eigenvalue weighted by molar-refractivity contribution is 14.1. The van der Waals surface area contributed by atoms with Crippen molar-refractivity contribution in [1.82, 2.24) is 0 Å². The van der Waals surface area contributed by atoms with Crippen LogP contribution in [0.3, 0.4) is 0 Å². The van der Waals surface area contributed by atoms with Crippen molar-refractivity contribution in [2.24, 2.45) is 0 Å². The van der Waals surface area contributed by atoms with Crippen LogP contribution in [-0.4, -0.2) is 34.1 Å². The second kappa shape index (κ2) is 7.36. The molecule has 0 heterocycles. The number of ether oxygens (including phenoxy) is 2. The van der Waals surface area contributed by atoms with Crippen LogP contribution in [0.25, 0.3) is 0 Å². The first-order valence-electron chi connectivity index (χ1n) is 5.57. The van der Waals surface area contributed by atoms with Gasteiger partial charge < -0.3 is 14.0 Å². The lowest BCUT2D eigenvalue weighted by atomic mass is 10.3. The molecule has 1 aromatic carbocycles. The Morgan fingerprint density at radius 2 is 1.91 bits per heavy atom. The Labute approximate surface area is 151 Å². The van der Waals surface area contributed by atoms with Crippen LogP contribution in [0.2, 0.25) is 0 Å². The van der Waals surface area contributed by atoms with E-state index in [2.05, 4.69) is 20.7 Å². The third-order valence-electron chi connectivity index (χ3n) is 2.20. The highest BCUT2D eigenvalue weighted by Gasteiger charge is 2.49. The lowest BCUT2D eigenvalue weighted by Crippen LogP contribution is -2.40. The molecule has 0 aromatic heterocycles. The molecule has 0 amide bonds. The van der Waals surface area contributed by atoms with E-state index in [1.54, 1.807) is 6.92 Å². The van der Waals surface area contributed by atoms with Gasteiger partial charge in [-0.05, 0) is 41.1 Å². The van der Waals surface area contributed by atoms with Gasteiger partial charge in [0.15, 0.2) is 10.1 Å². The Kier molecular flexibility index (Phi) is 6.46. The summed E-state index contributed by atoms with van der Waals surface area (Å²) < 4.78 is 65.6. The summed E-state index contributed by atoms with van der Waals surface area (Å²) in [4.78, 5) is 22.5. The van der Waals surface area contributed by atoms with E-state index in [1.807, 2.05) is 22.6 Å². The van der Waals surface area contributed by atoms with Crippen molar-refractivity contribution >= 4 is 60.6 Å². The van der Waals surface area contributed by atoms with Crippen LogP contribution in [0.5, 0.6) is 11.5 Å². The molecule has 23 heavy (non-hydrogen) atoms. The highest BCUT2D eigenvalue weighted by Crippen LogP contribution is 2.32. The molecule has 0 radical (unpaired) electrons. The molecule has 7 nitrogen and oxygen atoms in total. The van der Waals surface area contributed by atoms with Crippen LogP contribution in [0.1, 0.15) is 6.92 Å². The fraction of sp³-hybridized carbons (Fsp3) is 0.273. The Morgan fingerprint density at radius 3 is 2.35 bits per heavy atom. The third kappa shape index (κ3) is 5.06. The predicted octanol–water partition coefficient (Wildman–Crippen LogP) is 2.22. The molecule has 0 fully saturated rings. The normalized spacial score (nSPS) is 13.3. The third-order valence-corrected chi connectivity index (χ3v) is 4.12. The van der Waals surface area contributed by atoms with Gasteiger partial charge in [-0.2, -0.15) is 8.78 Å². The summed E-state index contributed by atoms with van der Waals surface area (Å²) in [7, 11) is -6.21. The predicted molar refractivity (Wildman–Crippen MR) is 83.5 cm³/mol. The van der Waals surface area contributed by atoms with Crippen LogP contribution >= 0.6 is 38.5 Å². The molecule has 0 aliphatic carbocycles. The average molecular weight is 528 g/mol. The number of hydrogen-bond donors (Lipinski definition) is 0. The number of carbonyl (C=O) groups is 2. The summed E-state index contributed by atoms with van der Waals surface area (Å²) in [6, 6.07) is 3.26. The molecule has 0 saturated carbocycles. The van der Waals surface area contributed by atoms with E-state index >= 15 is 0 Å². The Hall–Kier alpha value is -0.860. The van der Waals surface area contributed by atoms with E-state index in [-0.39, 0.29) is 10.2 Å². The Bertz CT molecular complexity index is 736. The minimum absolute atomic E-state index is 0.0356. The fourth-order valence-corrected chi connectivity index (χ4v) is 1.90. The molecule has 128 valence electrons. The van der Waals surface area contributed by atoms with E-state index in [9.17, 15) is 31.3 Å². The van der Waals surface area contributed by atoms with Gasteiger partial charge in [-0.1, -0.05) is 22.6 Å². The van der Waals surface area contributed by atoms with Crippen LogP contribution in [0.4, 0.5) is 8.78 Å². The summed E-state index contributed by atoms with van der Waals surface area (Å²) in [5, 5.41) is -5.23. The molecule has 0 saturated heterocycles. The Balaban J connectivity index is 2.96. The van der Waals surface area contributed by atoms with Crippen molar-refractivity contribution in [3.8, 4) is 11.5 Å².